The minimum Gasteiger partial charge on any atom is -0.494 e. The summed E-state index contributed by atoms with van der Waals surface area (Å²) < 4.78 is 18.5. The van der Waals surface area contributed by atoms with Crippen molar-refractivity contribution in [2.24, 2.45) is 0 Å². The summed E-state index contributed by atoms with van der Waals surface area (Å²) in [6.45, 7) is 2.73. The van der Waals surface area contributed by atoms with E-state index in [1.165, 1.54) is 13.2 Å². The Labute approximate surface area is 130 Å². The quantitative estimate of drug-likeness (QED) is 0.897. The second kappa shape index (κ2) is 8.20. The highest BCUT2D eigenvalue weighted by atomic mass is 35.5. The molecule has 118 valence electrons. The fourth-order valence-electron chi connectivity index (χ4n) is 2.42. The van der Waals surface area contributed by atoms with Gasteiger partial charge in [0.2, 0.25) is 5.91 Å². The van der Waals surface area contributed by atoms with E-state index in [9.17, 15) is 9.18 Å². The van der Waals surface area contributed by atoms with Crippen molar-refractivity contribution in [1.82, 2.24) is 10.6 Å². The second-order valence-corrected chi connectivity index (χ2v) is 5.13. The molecule has 1 aliphatic rings. The van der Waals surface area contributed by atoms with Gasteiger partial charge in [-0.25, -0.2) is 4.39 Å². The van der Waals surface area contributed by atoms with Crippen molar-refractivity contribution in [3.63, 3.8) is 0 Å². The van der Waals surface area contributed by atoms with Gasteiger partial charge >= 0.3 is 0 Å². The topological polar surface area (TPSA) is 50.4 Å². The maximum absolute atomic E-state index is 13.7. The number of carbonyl (C=O) groups excluding carboxylic acids is 1. The number of methoxy groups -OCH3 is 1. The molecule has 4 nitrogen and oxygen atoms in total. The van der Waals surface area contributed by atoms with Crippen molar-refractivity contribution in [3.05, 3.63) is 29.6 Å². The third-order valence-corrected chi connectivity index (χ3v) is 3.66. The summed E-state index contributed by atoms with van der Waals surface area (Å²) in [5.74, 6) is -0.225. The molecule has 2 N–H and O–H groups in total. The van der Waals surface area contributed by atoms with Gasteiger partial charge in [-0.05, 0) is 44.0 Å². The first kappa shape index (κ1) is 17.7. The molecule has 1 amide bonds. The zero-order valence-corrected chi connectivity index (χ0v) is 13.1. The molecular weight excluding hydrogens is 295 g/mol. The number of nitrogens with one attached hydrogen (secondary N) is 2. The van der Waals surface area contributed by atoms with Crippen molar-refractivity contribution in [2.45, 2.75) is 38.3 Å². The van der Waals surface area contributed by atoms with Crippen molar-refractivity contribution in [2.75, 3.05) is 13.7 Å². The predicted octanol–water partition coefficient (Wildman–Crippen LogP) is 2.58. The molecule has 1 heterocycles. The molecular formula is C15H22ClFN2O2. The minimum atomic E-state index is -0.415. The Morgan fingerprint density at radius 3 is 2.81 bits per heavy atom. The largest absolute Gasteiger partial charge is 0.494 e. The first-order valence-electron chi connectivity index (χ1n) is 6.99. The van der Waals surface area contributed by atoms with Crippen LogP contribution in [0.3, 0.4) is 0 Å². The average Bonchev–Trinajstić information content (AvgIpc) is 2.48. The van der Waals surface area contributed by atoms with Crippen LogP contribution in [0.15, 0.2) is 18.2 Å². The number of ether oxygens (including phenoxy) is 1. The van der Waals surface area contributed by atoms with E-state index >= 15 is 0 Å². The lowest BCUT2D eigenvalue weighted by molar-refractivity contribution is -0.124. The van der Waals surface area contributed by atoms with E-state index < -0.39 is 5.82 Å². The predicted molar refractivity (Wildman–Crippen MR) is 82.4 cm³/mol. The van der Waals surface area contributed by atoms with Crippen LogP contribution in [-0.2, 0) is 4.79 Å². The maximum Gasteiger partial charge on any atom is 0.237 e. The lowest BCUT2D eigenvalue weighted by atomic mass is 10.0. The Morgan fingerprint density at radius 1 is 1.48 bits per heavy atom. The van der Waals surface area contributed by atoms with E-state index in [1.54, 1.807) is 12.1 Å². The average molecular weight is 317 g/mol. The molecule has 1 fully saturated rings. The number of piperidine rings is 1. The number of carbonyl (C=O) groups is 1. The van der Waals surface area contributed by atoms with Crippen LogP contribution in [0.1, 0.15) is 37.8 Å². The van der Waals surface area contributed by atoms with Gasteiger partial charge in [-0.3, -0.25) is 4.79 Å². The highest BCUT2D eigenvalue weighted by Crippen LogP contribution is 2.22. The molecule has 6 heteroatoms. The van der Waals surface area contributed by atoms with Gasteiger partial charge in [-0.2, -0.15) is 0 Å². The smallest absolute Gasteiger partial charge is 0.237 e. The molecule has 0 spiro atoms. The first-order chi connectivity index (χ1) is 9.61. The summed E-state index contributed by atoms with van der Waals surface area (Å²) in [6, 6.07) is 4.38. The van der Waals surface area contributed by atoms with E-state index in [1.807, 2.05) is 6.92 Å². The molecule has 0 radical (unpaired) electrons. The normalized spacial score (nSPS) is 19.3. The van der Waals surface area contributed by atoms with Gasteiger partial charge in [-0.1, -0.05) is 12.5 Å². The molecule has 2 rings (SSSR count). The van der Waals surface area contributed by atoms with E-state index in [0.29, 0.717) is 0 Å². The minimum absolute atomic E-state index is 0. The number of amides is 1. The third kappa shape index (κ3) is 4.58. The number of halogens is 2. The van der Waals surface area contributed by atoms with Crippen LogP contribution < -0.4 is 15.4 Å². The van der Waals surface area contributed by atoms with E-state index in [-0.39, 0.29) is 36.1 Å². The van der Waals surface area contributed by atoms with E-state index in [2.05, 4.69) is 10.6 Å². The summed E-state index contributed by atoms with van der Waals surface area (Å²) in [5.41, 5.74) is 0.729. The van der Waals surface area contributed by atoms with Crippen molar-refractivity contribution in [3.8, 4) is 5.75 Å². The Balaban J connectivity index is 0.00000220. The zero-order valence-electron chi connectivity index (χ0n) is 12.3. The standard InChI is InChI=1S/C15H21FN2O2.ClH/c1-10(11-6-7-14(20-2)12(16)9-11)18-15(19)13-5-3-4-8-17-13;/h6-7,9-10,13,17H,3-5,8H2,1-2H3,(H,18,19);1H/t10?,13-;/m0./s1. The highest BCUT2D eigenvalue weighted by molar-refractivity contribution is 5.85. The van der Waals surface area contributed by atoms with Crippen molar-refractivity contribution < 1.29 is 13.9 Å². The summed E-state index contributed by atoms with van der Waals surface area (Å²) in [4.78, 5) is 12.1. The second-order valence-electron chi connectivity index (χ2n) is 5.13. The number of benzene rings is 1. The van der Waals surface area contributed by atoms with Gasteiger partial charge in [0, 0.05) is 0 Å². The van der Waals surface area contributed by atoms with Crippen LogP contribution in [0.5, 0.6) is 5.75 Å². The summed E-state index contributed by atoms with van der Waals surface area (Å²) in [6.07, 6.45) is 3.04. The van der Waals surface area contributed by atoms with Crippen LogP contribution in [0.4, 0.5) is 4.39 Å². The summed E-state index contributed by atoms with van der Waals surface area (Å²) in [5, 5.41) is 6.12. The lowest BCUT2D eigenvalue weighted by Crippen LogP contribution is -2.47. The first-order valence-corrected chi connectivity index (χ1v) is 6.99. The Bertz CT molecular complexity index is 479. The molecule has 1 aromatic rings. The molecule has 0 aromatic heterocycles. The van der Waals surface area contributed by atoms with Crippen molar-refractivity contribution >= 4 is 18.3 Å². The molecule has 1 aromatic carbocycles. The van der Waals surface area contributed by atoms with Gasteiger partial charge in [-0.15, -0.1) is 12.4 Å². The van der Waals surface area contributed by atoms with Crippen LogP contribution in [0.25, 0.3) is 0 Å². The van der Waals surface area contributed by atoms with Gasteiger partial charge in [0.15, 0.2) is 11.6 Å². The van der Waals surface area contributed by atoms with E-state index in [4.69, 9.17) is 4.74 Å². The number of hydrogen-bond acceptors (Lipinski definition) is 3. The van der Waals surface area contributed by atoms with Crippen LogP contribution in [-0.4, -0.2) is 25.6 Å². The maximum atomic E-state index is 13.7. The number of rotatable bonds is 4. The monoisotopic (exact) mass is 316 g/mol. The molecule has 1 saturated heterocycles. The Morgan fingerprint density at radius 2 is 2.24 bits per heavy atom. The van der Waals surface area contributed by atoms with Gasteiger partial charge < -0.3 is 15.4 Å². The van der Waals surface area contributed by atoms with E-state index in [0.717, 1.165) is 31.4 Å². The van der Waals surface area contributed by atoms with Crippen LogP contribution >= 0.6 is 12.4 Å². The summed E-state index contributed by atoms with van der Waals surface area (Å²) >= 11 is 0. The molecule has 0 aliphatic carbocycles. The third-order valence-electron chi connectivity index (χ3n) is 3.66. The zero-order chi connectivity index (χ0) is 14.5. The molecule has 2 atom stereocenters. The SMILES string of the molecule is COc1ccc(C(C)NC(=O)[C@@H]2CCCCN2)cc1F.Cl. The summed E-state index contributed by atoms with van der Waals surface area (Å²) in [7, 11) is 1.43. The number of hydrogen-bond donors (Lipinski definition) is 2. The Kier molecular flexibility index (Phi) is 6.92. The highest BCUT2D eigenvalue weighted by Gasteiger charge is 2.22. The molecule has 1 aliphatic heterocycles. The molecule has 21 heavy (non-hydrogen) atoms. The Hall–Kier alpha value is -1.33. The van der Waals surface area contributed by atoms with Crippen molar-refractivity contribution in [1.29, 1.82) is 0 Å². The van der Waals surface area contributed by atoms with Crippen LogP contribution in [0.2, 0.25) is 0 Å². The molecule has 0 bridgehead atoms. The van der Waals surface area contributed by atoms with Crippen LogP contribution in [0, 0.1) is 5.82 Å². The fraction of sp³-hybridized carbons (Fsp3) is 0.533. The van der Waals surface area contributed by atoms with Gasteiger partial charge in [0.05, 0.1) is 19.2 Å². The molecule has 1 unspecified atom stereocenters. The van der Waals surface area contributed by atoms with Gasteiger partial charge in [0.25, 0.3) is 0 Å². The van der Waals surface area contributed by atoms with Gasteiger partial charge in [0.1, 0.15) is 0 Å². The molecule has 0 saturated carbocycles. The fourth-order valence-corrected chi connectivity index (χ4v) is 2.42. The lowest BCUT2D eigenvalue weighted by Gasteiger charge is -2.24.